The van der Waals surface area contributed by atoms with E-state index in [1.165, 1.54) is 23.9 Å². The van der Waals surface area contributed by atoms with Crippen LogP contribution in [0.25, 0.3) is 0 Å². The number of nitrogens with zero attached hydrogens (tertiary/aromatic N) is 2. The highest BCUT2D eigenvalue weighted by atomic mass is 79.9. The van der Waals surface area contributed by atoms with Crippen molar-refractivity contribution in [1.82, 2.24) is 14.8 Å². The van der Waals surface area contributed by atoms with Crippen molar-refractivity contribution in [3.63, 3.8) is 0 Å². The molecule has 1 heterocycles. The number of rotatable bonds is 3. The number of nitrogens with two attached hydrogens (primary N) is 1. The van der Waals surface area contributed by atoms with Crippen molar-refractivity contribution < 1.29 is 4.39 Å². The molecule has 0 fully saturated rings. The van der Waals surface area contributed by atoms with Gasteiger partial charge in [-0.2, -0.15) is 4.98 Å². The minimum Gasteiger partial charge on any atom is -0.384 e. The molecule has 1 aromatic carbocycles. The summed E-state index contributed by atoms with van der Waals surface area (Å²) in [6, 6.07) is 2.89. The van der Waals surface area contributed by atoms with Gasteiger partial charge >= 0.3 is 11.1 Å². The second-order valence-corrected chi connectivity index (χ2v) is 5.76. The maximum absolute atomic E-state index is 14.2. The zero-order valence-electron chi connectivity index (χ0n) is 10.6. The molecule has 0 saturated heterocycles. The molecule has 10 heteroatoms. The van der Waals surface area contributed by atoms with E-state index in [1.54, 1.807) is 0 Å². The van der Waals surface area contributed by atoms with Crippen molar-refractivity contribution in [1.29, 1.82) is 5.41 Å². The lowest BCUT2D eigenvalue weighted by Crippen LogP contribution is -2.33. The van der Waals surface area contributed by atoms with E-state index >= 15 is 0 Å². The molecule has 4 N–H and O–H groups in total. The molecule has 0 radical (unpaired) electrons. The number of aromatic amines is 1. The van der Waals surface area contributed by atoms with Gasteiger partial charge in [-0.3, -0.25) is 24.8 Å². The Morgan fingerprint density at radius 2 is 2.19 bits per heavy atom. The standard InChI is InChI=1S/C11H9BrFN5O2S/c1-18-11(16-9(19)10(20)17-18)21-5-3-2-4(8(14)15)6(12)7(5)13/h2-3H,1H3,(H3,14,15)(H,17,20). The molecule has 0 aliphatic heterocycles. The minimum absolute atomic E-state index is 0.0504. The lowest BCUT2D eigenvalue weighted by molar-refractivity contribution is 0.584. The van der Waals surface area contributed by atoms with Crippen molar-refractivity contribution >= 4 is 33.5 Å². The molecule has 7 nitrogen and oxygen atoms in total. The first-order chi connectivity index (χ1) is 9.81. The third-order valence-corrected chi connectivity index (χ3v) is 4.34. The molecule has 0 amide bonds. The predicted octanol–water partition coefficient (Wildman–Crippen LogP) is 0.805. The van der Waals surface area contributed by atoms with Crippen LogP contribution in [0.5, 0.6) is 0 Å². The topological polar surface area (TPSA) is 118 Å². The van der Waals surface area contributed by atoms with Gasteiger partial charge in [0.05, 0.1) is 9.37 Å². The first-order valence-corrected chi connectivity index (χ1v) is 7.09. The summed E-state index contributed by atoms with van der Waals surface area (Å²) in [5.74, 6) is -0.903. The van der Waals surface area contributed by atoms with Gasteiger partial charge in [0.1, 0.15) is 5.84 Å². The van der Waals surface area contributed by atoms with Crippen molar-refractivity contribution in [2.24, 2.45) is 12.8 Å². The monoisotopic (exact) mass is 373 g/mol. The van der Waals surface area contributed by atoms with Crippen LogP contribution >= 0.6 is 27.7 Å². The molecular formula is C11H9BrFN5O2S. The number of aryl methyl sites for hydroxylation is 1. The lowest BCUT2D eigenvalue weighted by Gasteiger charge is -2.09. The summed E-state index contributed by atoms with van der Waals surface area (Å²) in [7, 11) is 1.48. The Bertz CT molecular complexity index is 847. The van der Waals surface area contributed by atoms with E-state index in [1.807, 2.05) is 0 Å². The number of hydrogen-bond acceptors (Lipinski definition) is 5. The smallest absolute Gasteiger partial charge is 0.339 e. The molecular weight excluding hydrogens is 365 g/mol. The first-order valence-electron chi connectivity index (χ1n) is 5.49. The average Bonchev–Trinajstić information content (AvgIpc) is 2.40. The van der Waals surface area contributed by atoms with Crippen LogP contribution < -0.4 is 16.9 Å². The fourth-order valence-corrected chi connectivity index (χ4v) is 2.99. The summed E-state index contributed by atoms with van der Waals surface area (Å²) in [4.78, 5) is 26.1. The highest BCUT2D eigenvalue weighted by Gasteiger charge is 2.16. The minimum atomic E-state index is -0.949. The van der Waals surface area contributed by atoms with E-state index < -0.39 is 16.9 Å². The van der Waals surface area contributed by atoms with Gasteiger partial charge in [-0.05, 0) is 39.8 Å². The fraction of sp³-hybridized carbons (Fsp3) is 0.0909. The van der Waals surface area contributed by atoms with Crippen LogP contribution in [-0.2, 0) is 7.05 Å². The Hall–Kier alpha value is -1.94. The second-order valence-electron chi connectivity index (χ2n) is 3.95. The van der Waals surface area contributed by atoms with Crippen LogP contribution in [0.1, 0.15) is 5.56 Å². The molecule has 0 bridgehead atoms. The SMILES string of the molecule is Cn1[nH]c(=O)c(=O)nc1Sc1ccc(C(=N)N)c(Br)c1F. The molecule has 1 aromatic heterocycles. The molecule has 0 spiro atoms. The molecule has 0 saturated carbocycles. The lowest BCUT2D eigenvalue weighted by atomic mass is 10.2. The summed E-state index contributed by atoms with van der Waals surface area (Å²) in [5, 5.41) is 9.72. The maximum Gasteiger partial charge on any atom is 0.339 e. The number of nitrogens with one attached hydrogen (secondary N) is 2. The molecule has 2 rings (SSSR count). The predicted molar refractivity (Wildman–Crippen MR) is 79.3 cm³/mol. The number of amidine groups is 1. The normalized spacial score (nSPS) is 10.6. The van der Waals surface area contributed by atoms with E-state index in [9.17, 15) is 14.0 Å². The number of aromatic nitrogens is 3. The summed E-state index contributed by atoms with van der Waals surface area (Å²) < 4.78 is 15.5. The highest BCUT2D eigenvalue weighted by Crippen LogP contribution is 2.32. The van der Waals surface area contributed by atoms with Gasteiger partial charge in [0, 0.05) is 12.6 Å². The number of H-pyrrole nitrogens is 1. The molecule has 0 aliphatic rings. The highest BCUT2D eigenvalue weighted by molar-refractivity contribution is 9.10. The van der Waals surface area contributed by atoms with Gasteiger partial charge in [0.2, 0.25) is 0 Å². The van der Waals surface area contributed by atoms with E-state index in [4.69, 9.17) is 11.1 Å². The van der Waals surface area contributed by atoms with Gasteiger partial charge in [0.25, 0.3) is 0 Å². The van der Waals surface area contributed by atoms with E-state index in [0.717, 1.165) is 11.8 Å². The Morgan fingerprint density at radius 3 is 2.81 bits per heavy atom. The Balaban J connectivity index is 2.48. The fourth-order valence-electron chi connectivity index (χ4n) is 1.47. The molecule has 0 atom stereocenters. The summed E-state index contributed by atoms with van der Waals surface area (Å²) >= 11 is 3.90. The van der Waals surface area contributed by atoms with Crippen LogP contribution in [0.3, 0.4) is 0 Å². The van der Waals surface area contributed by atoms with Crippen molar-refractivity contribution in [2.45, 2.75) is 10.1 Å². The largest absolute Gasteiger partial charge is 0.384 e. The van der Waals surface area contributed by atoms with Crippen molar-refractivity contribution in [2.75, 3.05) is 0 Å². The molecule has 0 unspecified atom stereocenters. The van der Waals surface area contributed by atoms with Crippen LogP contribution in [-0.4, -0.2) is 20.6 Å². The number of nitrogen functional groups attached to an aromatic ring is 1. The van der Waals surface area contributed by atoms with E-state index in [0.29, 0.717) is 0 Å². The third-order valence-electron chi connectivity index (χ3n) is 2.49. The Labute approximate surface area is 130 Å². The van der Waals surface area contributed by atoms with Gasteiger partial charge in [0.15, 0.2) is 11.0 Å². The number of halogens is 2. The summed E-state index contributed by atoms with van der Waals surface area (Å²) in [6.07, 6.45) is 0. The molecule has 2 aromatic rings. The first kappa shape index (κ1) is 15.4. The Morgan fingerprint density at radius 1 is 1.52 bits per heavy atom. The molecule has 21 heavy (non-hydrogen) atoms. The van der Waals surface area contributed by atoms with Crippen LogP contribution in [0.2, 0.25) is 0 Å². The zero-order valence-corrected chi connectivity index (χ0v) is 13.0. The molecule has 110 valence electrons. The van der Waals surface area contributed by atoms with Crippen molar-refractivity contribution in [3.05, 3.63) is 48.7 Å². The quantitative estimate of drug-likeness (QED) is 0.418. The molecule has 0 aliphatic carbocycles. The van der Waals surface area contributed by atoms with Gasteiger partial charge in [-0.25, -0.2) is 4.39 Å². The number of benzene rings is 1. The second kappa shape index (κ2) is 5.82. The number of hydrogen-bond donors (Lipinski definition) is 3. The van der Waals surface area contributed by atoms with Crippen molar-refractivity contribution in [3.8, 4) is 0 Å². The average molecular weight is 374 g/mol. The van der Waals surface area contributed by atoms with Gasteiger partial charge in [-0.15, -0.1) is 0 Å². The van der Waals surface area contributed by atoms with E-state index in [2.05, 4.69) is 26.0 Å². The van der Waals surface area contributed by atoms with Gasteiger partial charge in [-0.1, -0.05) is 0 Å². The maximum atomic E-state index is 14.2. The third kappa shape index (κ3) is 3.05. The van der Waals surface area contributed by atoms with Crippen LogP contribution in [0.4, 0.5) is 4.39 Å². The summed E-state index contributed by atoms with van der Waals surface area (Å²) in [5.41, 5.74) is 3.75. The zero-order chi connectivity index (χ0) is 15.7. The van der Waals surface area contributed by atoms with E-state index in [-0.39, 0.29) is 25.9 Å². The van der Waals surface area contributed by atoms with Gasteiger partial charge < -0.3 is 5.73 Å². The van der Waals surface area contributed by atoms with Crippen LogP contribution in [0, 0.1) is 11.2 Å². The van der Waals surface area contributed by atoms with Crippen LogP contribution in [0.15, 0.2) is 36.2 Å². The Kier molecular flexibility index (Phi) is 4.28. The summed E-state index contributed by atoms with van der Waals surface area (Å²) in [6.45, 7) is 0.